The van der Waals surface area contributed by atoms with Gasteiger partial charge in [-0.3, -0.25) is 9.78 Å². The zero-order valence-electron chi connectivity index (χ0n) is 11.0. The molecule has 0 amide bonds. The van der Waals surface area contributed by atoms with Crippen molar-refractivity contribution in [1.82, 2.24) is 4.98 Å². The maximum Gasteiger partial charge on any atom is 0.211 e. The van der Waals surface area contributed by atoms with E-state index in [-0.39, 0.29) is 11.2 Å². The lowest BCUT2D eigenvalue weighted by Crippen LogP contribution is -2.12. The molecular formula is C16H17NO. The van der Waals surface area contributed by atoms with Gasteiger partial charge in [-0.2, -0.15) is 0 Å². The quantitative estimate of drug-likeness (QED) is 0.749. The first-order chi connectivity index (χ1) is 8.48. The molecule has 0 aliphatic carbocycles. The Morgan fingerprint density at radius 3 is 2.44 bits per heavy atom. The van der Waals surface area contributed by atoms with E-state index in [1.807, 2.05) is 30.3 Å². The number of rotatable bonds is 2. The Balaban J connectivity index is 2.38. The molecule has 0 spiro atoms. The topological polar surface area (TPSA) is 30.0 Å². The van der Waals surface area contributed by atoms with Crippen LogP contribution in [-0.2, 0) is 5.41 Å². The highest BCUT2D eigenvalue weighted by atomic mass is 16.1. The first kappa shape index (κ1) is 12.5. The summed E-state index contributed by atoms with van der Waals surface area (Å²) in [6, 6.07) is 13.2. The smallest absolute Gasteiger partial charge is 0.211 e. The molecule has 0 radical (unpaired) electrons. The van der Waals surface area contributed by atoms with Gasteiger partial charge in [-0.1, -0.05) is 45.0 Å². The molecule has 92 valence electrons. The lowest BCUT2D eigenvalue weighted by molar-refractivity contribution is 0.103. The van der Waals surface area contributed by atoms with Gasteiger partial charge in [-0.05, 0) is 29.2 Å². The van der Waals surface area contributed by atoms with Crippen molar-refractivity contribution in [3.63, 3.8) is 0 Å². The summed E-state index contributed by atoms with van der Waals surface area (Å²) in [7, 11) is 0. The number of aromatic nitrogens is 1. The third-order valence-corrected chi connectivity index (χ3v) is 2.89. The van der Waals surface area contributed by atoms with Crippen LogP contribution in [0.25, 0.3) is 0 Å². The van der Waals surface area contributed by atoms with Crippen LogP contribution in [0.3, 0.4) is 0 Å². The molecule has 2 nitrogen and oxygen atoms in total. The number of nitrogens with zero attached hydrogens (tertiary/aromatic N) is 1. The average molecular weight is 239 g/mol. The van der Waals surface area contributed by atoms with Gasteiger partial charge in [0.2, 0.25) is 5.78 Å². The van der Waals surface area contributed by atoms with E-state index < -0.39 is 0 Å². The molecule has 2 heteroatoms. The van der Waals surface area contributed by atoms with E-state index in [1.54, 1.807) is 12.3 Å². The van der Waals surface area contributed by atoms with E-state index in [0.29, 0.717) is 11.3 Å². The van der Waals surface area contributed by atoms with Crippen molar-refractivity contribution >= 4 is 5.78 Å². The van der Waals surface area contributed by atoms with Crippen LogP contribution in [0, 0.1) is 0 Å². The number of hydrogen-bond donors (Lipinski definition) is 0. The Kier molecular flexibility index (Phi) is 3.28. The molecule has 2 rings (SSSR count). The zero-order chi connectivity index (χ0) is 13.2. The molecule has 0 aliphatic rings. The molecular weight excluding hydrogens is 222 g/mol. The highest BCUT2D eigenvalue weighted by Gasteiger charge is 2.16. The summed E-state index contributed by atoms with van der Waals surface area (Å²) in [4.78, 5) is 16.4. The Morgan fingerprint density at radius 1 is 1.06 bits per heavy atom. The third-order valence-electron chi connectivity index (χ3n) is 2.89. The number of ketones is 1. The predicted octanol–water partition coefficient (Wildman–Crippen LogP) is 3.61. The SMILES string of the molecule is CC(C)(C)c1cccc(C(=O)c2ccccn2)c1. The van der Waals surface area contributed by atoms with E-state index in [9.17, 15) is 4.79 Å². The Morgan fingerprint density at radius 2 is 1.83 bits per heavy atom. The van der Waals surface area contributed by atoms with Crippen molar-refractivity contribution < 1.29 is 4.79 Å². The monoisotopic (exact) mass is 239 g/mol. The maximum atomic E-state index is 12.3. The van der Waals surface area contributed by atoms with Crippen molar-refractivity contribution in [2.45, 2.75) is 26.2 Å². The average Bonchev–Trinajstić information content (AvgIpc) is 2.38. The fraction of sp³-hybridized carbons (Fsp3) is 0.250. The number of benzene rings is 1. The second kappa shape index (κ2) is 4.73. The van der Waals surface area contributed by atoms with Gasteiger partial charge < -0.3 is 0 Å². The van der Waals surface area contributed by atoms with Crippen LogP contribution in [-0.4, -0.2) is 10.8 Å². The van der Waals surface area contributed by atoms with Gasteiger partial charge in [0.25, 0.3) is 0 Å². The maximum absolute atomic E-state index is 12.3. The van der Waals surface area contributed by atoms with Gasteiger partial charge in [-0.15, -0.1) is 0 Å². The molecule has 0 unspecified atom stereocenters. The van der Waals surface area contributed by atoms with E-state index in [0.717, 1.165) is 5.56 Å². The van der Waals surface area contributed by atoms with Gasteiger partial charge >= 0.3 is 0 Å². The van der Waals surface area contributed by atoms with E-state index >= 15 is 0 Å². The van der Waals surface area contributed by atoms with Gasteiger partial charge in [0.05, 0.1) is 0 Å². The number of hydrogen-bond acceptors (Lipinski definition) is 2. The summed E-state index contributed by atoms with van der Waals surface area (Å²) in [5, 5.41) is 0. The summed E-state index contributed by atoms with van der Waals surface area (Å²) < 4.78 is 0. The van der Waals surface area contributed by atoms with Gasteiger partial charge in [-0.25, -0.2) is 0 Å². The summed E-state index contributed by atoms with van der Waals surface area (Å²) in [5.41, 5.74) is 2.38. The lowest BCUT2D eigenvalue weighted by atomic mass is 9.85. The van der Waals surface area contributed by atoms with Crippen LogP contribution in [0.15, 0.2) is 48.7 Å². The van der Waals surface area contributed by atoms with Crippen molar-refractivity contribution in [3.8, 4) is 0 Å². The Bertz CT molecular complexity index is 553. The summed E-state index contributed by atoms with van der Waals surface area (Å²) in [6.45, 7) is 6.41. The summed E-state index contributed by atoms with van der Waals surface area (Å²) >= 11 is 0. The first-order valence-corrected chi connectivity index (χ1v) is 6.05. The number of carbonyl (C=O) groups excluding carboxylic acids is 1. The molecule has 18 heavy (non-hydrogen) atoms. The molecule has 0 fully saturated rings. The number of pyridine rings is 1. The molecule has 0 N–H and O–H groups in total. The minimum absolute atomic E-state index is 0.0262. The minimum atomic E-state index is -0.0262. The standard InChI is InChI=1S/C16H17NO/c1-16(2,3)13-8-6-7-12(11-13)15(18)14-9-4-5-10-17-14/h4-11H,1-3H3. The summed E-state index contributed by atoms with van der Waals surface area (Å²) in [5.74, 6) is -0.0262. The lowest BCUT2D eigenvalue weighted by Gasteiger charge is -2.19. The molecule has 0 atom stereocenters. The van der Waals surface area contributed by atoms with Crippen LogP contribution in [0.5, 0.6) is 0 Å². The molecule has 2 aromatic rings. The van der Waals surface area contributed by atoms with Crippen molar-refractivity contribution in [2.75, 3.05) is 0 Å². The van der Waals surface area contributed by atoms with Crippen LogP contribution in [0.4, 0.5) is 0 Å². The molecule has 0 aliphatic heterocycles. The van der Waals surface area contributed by atoms with Crippen molar-refractivity contribution in [2.24, 2.45) is 0 Å². The minimum Gasteiger partial charge on any atom is -0.287 e. The second-order valence-corrected chi connectivity index (χ2v) is 5.37. The fourth-order valence-corrected chi connectivity index (χ4v) is 1.77. The highest BCUT2D eigenvalue weighted by molar-refractivity contribution is 6.07. The van der Waals surface area contributed by atoms with E-state index in [1.165, 1.54) is 0 Å². The molecule has 0 saturated heterocycles. The van der Waals surface area contributed by atoms with Gasteiger partial charge in [0.15, 0.2) is 0 Å². The van der Waals surface area contributed by atoms with Crippen LogP contribution >= 0.6 is 0 Å². The molecule has 0 saturated carbocycles. The van der Waals surface area contributed by atoms with E-state index in [2.05, 4.69) is 31.8 Å². The largest absolute Gasteiger partial charge is 0.287 e. The summed E-state index contributed by atoms with van der Waals surface area (Å²) in [6.07, 6.45) is 1.64. The Hall–Kier alpha value is -1.96. The predicted molar refractivity (Wildman–Crippen MR) is 72.8 cm³/mol. The normalized spacial score (nSPS) is 11.3. The zero-order valence-corrected chi connectivity index (χ0v) is 11.0. The van der Waals surface area contributed by atoms with Crippen molar-refractivity contribution in [1.29, 1.82) is 0 Å². The van der Waals surface area contributed by atoms with Gasteiger partial charge in [0, 0.05) is 11.8 Å². The highest BCUT2D eigenvalue weighted by Crippen LogP contribution is 2.23. The van der Waals surface area contributed by atoms with Crippen LogP contribution in [0.1, 0.15) is 42.4 Å². The van der Waals surface area contributed by atoms with Gasteiger partial charge in [0.1, 0.15) is 5.69 Å². The molecule has 1 aromatic carbocycles. The third kappa shape index (κ3) is 2.65. The molecule has 1 heterocycles. The van der Waals surface area contributed by atoms with E-state index in [4.69, 9.17) is 0 Å². The van der Waals surface area contributed by atoms with Crippen LogP contribution < -0.4 is 0 Å². The number of carbonyl (C=O) groups is 1. The molecule has 1 aromatic heterocycles. The Labute approximate surface area is 108 Å². The first-order valence-electron chi connectivity index (χ1n) is 6.05. The second-order valence-electron chi connectivity index (χ2n) is 5.37. The van der Waals surface area contributed by atoms with Crippen molar-refractivity contribution in [3.05, 3.63) is 65.5 Å². The molecule has 0 bridgehead atoms. The van der Waals surface area contributed by atoms with Crippen LogP contribution in [0.2, 0.25) is 0 Å². The fourth-order valence-electron chi connectivity index (χ4n) is 1.77.